The summed E-state index contributed by atoms with van der Waals surface area (Å²) in [6.07, 6.45) is 11.8. The quantitative estimate of drug-likeness (QED) is 0.255. The number of para-hydroxylation sites is 2. The normalized spacial score (nSPS) is 18.4. The summed E-state index contributed by atoms with van der Waals surface area (Å²) >= 11 is 0. The Morgan fingerprint density at radius 3 is 2.18 bits per heavy atom. The molecule has 0 aromatic heterocycles. The fraction of sp³-hybridized carbons (Fsp3) is 0.364. The van der Waals surface area contributed by atoms with Crippen molar-refractivity contribution in [1.29, 1.82) is 0 Å². The van der Waals surface area contributed by atoms with Crippen molar-refractivity contribution in [1.82, 2.24) is 0 Å². The molecule has 6 heteroatoms. The van der Waals surface area contributed by atoms with Gasteiger partial charge in [0, 0.05) is 53.9 Å². The Hall–Kier alpha value is -3.93. The Morgan fingerprint density at radius 1 is 0.821 bits per heavy atom. The van der Waals surface area contributed by atoms with Crippen molar-refractivity contribution in [2.24, 2.45) is 0 Å². The highest BCUT2D eigenvalue weighted by atomic mass is 16.4. The molecule has 0 amide bonds. The number of carboxylic acids is 2. The first-order valence-corrected chi connectivity index (χ1v) is 13.7. The van der Waals surface area contributed by atoms with E-state index in [4.69, 9.17) is 10.2 Å². The zero-order valence-corrected chi connectivity index (χ0v) is 23.4. The van der Waals surface area contributed by atoms with Crippen LogP contribution >= 0.6 is 0 Å². The first-order valence-electron chi connectivity index (χ1n) is 13.7. The molecule has 0 radical (unpaired) electrons. The highest BCUT2D eigenvalue weighted by Gasteiger charge is 2.44. The van der Waals surface area contributed by atoms with Crippen LogP contribution < -0.4 is 4.90 Å². The third-order valence-corrected chi connectivity index (χ3v) is 7.87. The minimum atomic E-state index is -0.774. The number of allylic oxidation sites excluding steroid dienone is 6. The Kier molecular flexibility index (Phi) is 8.24. The highest BCUT2D eigenvalue weighted by molar-refractivity contribution is 6.03. The van der Waals surface area contributed by atoms with Crippen molar-refractivity contribution in [3.05, 3.63) is 95.7 Å². The summed E-state index contributed by atoms with van der Waals surface area (Å²) in [5.74, 6) is -1.55. The molecule has 0 spiro atoms. The predicted molar refractivity (Wildman–Crippen MR) is 156 cm³/mol. The number of rotatable bonds is 11. The van der Waals surface area contributed by atoms with E-state index < -0.39 is 11.9 Å². The molecule has 2 aromatic carbocycles. The maximum atomic E-state index is 11.1. The molecule has 39 heavy (non-hydrogen) atoms. The largest absolute Gasteiger partial charge is 0.481 e. The second-order valence-corrected chi connectivity index (χ2v) is 11.3. The van der Waals surface area contributed by atoms with E-state index in [0.29, 0.717) is 25.9 Å². The molecule has 0 saturated carbocycles. The third kappa shape index (κ3) is 5.75. The van der Waals surface area contributed by atoms with Gasteiger partial charge in [-0.1, -0.05) is 68.5 Å². The van der Waals surface area contributed by atoms with Crippen LogP contribution in [0.5, 0.6) is 0 Å². The summed E-state index contributed by atoms with van der Waals surface area (Å²) in [5.41, 5.74) is 6.67. The molecule has 2 N–H and O–H groups in total. The van der Waals surface area contributed by atoms with Crippen LogP contribution in [0.3, 0.4) is 0 Å². The number of hydrogen-bond donors (Lipinski definition) is 2. The van der Waals surface area contributed by atoms with Gasteiger partial charge >= 0.3 is 11.9 Å². The fourth-order valence-corrected chi connectivity index (χ4v) is 5.90. The summed E-state index contributed by atoms with van der Waals surface area (Å²) in [5, 5.41) is 18.3. The van der Waals surface area contributed by atoms with Gasteiger partial charge in [0.1, 0.15) is 6.54 Å². The molecule has 0 fully saturated rings. The molecule has 2 aliphatic heterocycles. The van der Waals surface area contributed by atoms with E-state index in [9.17, 15) is 9.59 Å². The van der Waals surface area contributed by atoms with E-state index in [0.717, 1.165) is 22.8 Å². The van der Waals surface area contributed by atoms with E-state index in [1.54, 1.807) is 0 Å². The van der Waals surface area contributed by atoms with E-state index in [-0.39, 0.29) is 23.7 Å². The van der Waals surface area contributed by atoms with E-state index in [1.807, 2.05) is 30.4 Å². The van der Waals surface area contributed by atoms with E-state index in [1.165, 1.54) is 11.1 Å². The molecule has 2 aromatic rings. The SMILES string of the molecule is CC1(C)C(=CC=CC=CC2=[N+](CCCC(=O)O)c3ccccc3C2(C)C)N(CCCC(=O)O)c2ccccc21. The van der Waals surface area contributed by atoms with Crippen LogP contribution in [0.1, 0.15) is 64.5 Å². The molecule has 2 heterocycles. The van der Waals surface area contributed by atoms with Crippen LogP contribution in [-0.2, 0) is 20.4 Å². The summed E-state index contributed by atoms with van der Waals surface area (Å²) in [7, 11) is 0. The highest BCUT2D eigenvalue weighted by Crippen LogP contribution is 2.47. The van der Waals surface area contributed by atoms with Gasteiger partial charge in [-0.25, -0.2) is 0 Å². The van der Waals surface area contributed by atoms with Gasteiger partial charge in [-0.05, 0) is 38.0 Å². The van der Waals surface area contributed by atoms with Crippen LogP contribution in [0, 0.1) is 0 Å². The van der Waals surface area contributed by atoms with Gasteiger partial charge in [0.2, 0.25) is 5.69 Å². The molecule has 0 aliphatic carbocycles. The lowest BCUT2D eigenvalue weighted by molar-refractivity contribution is -0.438. The molecule has 0 saturated heterocycles. The number of carbonyl (C=O) groups is 2. The summed E-state index contributed by atoms with van der Waals surface area (Å²) in [4.78, 5) is 24.5. The average molecular weight is 528 g/mol. The minimum Gasteiger partial charge on any atom is -0.481 e. The molecule has 0 bridgehead atoms. The van der Waals surface area contributed by atoms with Gasteiger partial charge in [0.15, 0.2) is 5.71 Å². The Balaban J connectivity index is 1.60. The summed E-state index contributed by atoms with van der Waals surface area (Å²) in [6.45, 7) is 10.1. The fourth-order valence-electron chi connectivity index (χ4n) is 5.90. The van der Waals surface area contributed by atoms with Gasteiger partial charge < -0.3 is 15.1 Å². The first-order chi connectivity index (χ1) is 18.5. The van der Waals surface area contributed by atoms with Crippen LogP contribution in [0.4, 0.5) is 11.4 Å². The lowest BCUT2D eigenvalue weighted by Gasteiger charge is -2.26. The number of hydrogen-bond acceptors (Lipinski definition) is 3. The molecule has 6 nitrogen and oxygen atoms in total. The molecule has 0 atom stereocenters. The topological polar surface area (TPSA) is 80.9 Å². The maximum absolute atomic E-state index is 11.1. The van der Waals surface area contributed by atoms with E-state index >= 15 is 0 Å². The second-order valence-electron chi connectivity index (χ2n) is 11.3. The number of aliphatic carboxylic acids is 2. The molecular formula is C33H39N2O4+. The Morgan fingerprint density at radius 2 is 1.46 bits per heavy atom. The number of nitrogens with zero attached hydrogens (tertiary/aromatic N) is 2. The number of fused-ring (bicyclic) bond motifs is 2. The van der Waals surface area contributed by atoms with Crippen molar-refractivity contribution in [2.45, 2.75) is 64.2 Å². The molecule has 0 unspecified atom stereocenters. The molecule has 4 rings (SSSR count). The zero-order chi connectivity index (χ0) is 28.2. The second kappa shape index (κ2) is 11.4. The van der Waals surface area contributed by atoms with Crippen molar-refractivity contribution in [3.8, 4) is 0 Å². The maximum Gasteiger partial charge on any atom is 0.303 e. The van der Waals surface area contributed by atoms with Gasteiger partial charge in [0.25, 0.3) is 0 Å². The van der Waals surface area contributed by atoms with E-state index in [2.05, 4.69) is 85.7 Å². The van der Waals surface area contributed by atoms with Gasteiger partial charge in [-0.2, -0.15) is 4.58 Å². The lowest BCUT2D eigenvalue weighted by atomic mass is 9.81. The van der Waals surface area contributed by atoms with Crippen LogP contribution in [0.25, 0.3) is 0 Å². The monoisotopic (exact) mass is 527 g/mol. The van der Waals surface area contributed by atoms with Gasteiger partial charge in [0.05, 0.1) is 11.8 Å². The summed E-state index contributed by atoms with van der Waals surface area (Å²) in [6, 6.07) is 16.7. The van der Waals surface area contributed by atoms with Crippen LogP contribution in [0.15, 0.2) is 84.6 Å². The molecular weight excluding hydrogens is 488 g/mol. The Labute approximate surface area is 231 Å². The molecule has 204 valence electrons. The standard InChI is InChI=1S/C33H38N2O4/c1-32(2)24-14-8-10-16-26(24)34(22-12-20-30(36)37)28(32)18-6-5-7-19-29-33(3,4)25-15-9-11-17-27(25)35(29)23-13-21-31(38)39/h5-11,14-19H,12-13,20-23H2,1-4H3,(H-,36,37,38,39)/p+1. The van der Waals surface area contributed by atoms with Crippen LogP contribution in [-0.4, -0.2) is 45.5 Å². The smallest absolute Gasteiger partial charge is 0.303 e. The lowest BCUT2D eigenvalue weighted by Crippen LogP contribution is -2.28. The van der Waals surface area contributed by atoms with Crippen molar-refractivity contribution >= 4 is 29.0 Å². The van der Waals surface area contributed by atoms with Crippen molar-refractivity contribution < 1.29 is 24.4 Å². The van der Waals surface area contributed by atoms with Gasteiger partial charge in [-0.15, -0.1) is 0 Å². The first kappa shape index (κ1) is 28.1. The third-order valence-electron chi connectivity index (χ3n) is 7.87. The number of carboxylic acid groups (broad SMARTS) is 2. The number of benzene rings is 2. The van der Waals surface area contributed by atoms with Crippen molar-refractivity contribution in [3.63, 3.8) is 0 Å². The van der Waals surface area contributed by atoms with Gasteiger partial charge in [-0.3, -0.25) is 9.59 Å². The molecule has 2 aliphatic rings. The summed E-state index contributed by atoms with van der Waals surface area (Å²) < 4.78 is 2.25. The predicted octanol–water partition coefficient (Wildman–Crippen LogP) is 6.59. The minimum absolute atomic E-state index is 0.144. The Bertz CT molecular complexity index is 1380. The average Bonchev–Trinajstić information content (AvgIpc) is 3.23. The van der Waals surface area contributed by atoms with Crippen molar-refractivity contribution in [2.75, 3.05) is 18.0 Å². The zero-order valence-electron chi connectivity index (χ0n) is 23.4. The number of anilines is 1. The van der Waals surface area contributed by atoms with Crippen LogP contribution in [0.2, 0.25) is 0 Å².